The number of amides is 2. The standard InChI is InChI=1S/C15H21N3O4/c1-4-21-15(22-5-2)14(20)18-16-10-12-6-8-13(9-7-12)17-11(3)19/h6-10,15H,4-5H2,1-3H3,(H,17,19)(H,18,20)/b16-10+. The van der Waals surface area contributed by atoms with Crippen LogP contribution >= 0.6 is 0 Å². The van der Waals surface area contributed by atoms with Crippen LogP contribution in [-0.4, -0.2) is 37.5 Å². The van der Waals surface area contributed by atoms with E-state index in [1.165, 1.54) is 13.1 Å². The molecule has 0 unspecified atom stereocenters. The van der Waals surface area contributed by atoms with Crippen molar-refractivity contribution in [2.45, 2.75) is 27.1 Å². The topological polar surface area (TPSA) is 89.0 Å². The molecule has 1 aromatic carbocycles. The largest absolute Gasteiger partial charge is 0.345 e. The summed E-state index contributed by atoms with van der Waals surface area (Å²) in [6.45, 7) is 5.73. The fourth-order valence-corrected chi connectivity index (χ4v) is 1.58. The number of carbonyl (C=O) groups is 2. The molecule has 0 heterocycles. The zero-order valence-corrected chi connectivity index (χ0v) is 13.0. The smallest absolute Gasteiger partial charge is 0.297 e. The summed E-state index contributed by atoms with van der Waals surface area (Å²) in [5.41, 5.74) is 3.83. The predicted molar refractivity (Wildman–Crippen MR) is 83.5 cm³/mol. The summed E-state index contributed by atoms with van der Waals surface area (Å²) < 4.78 is 10.3. The molecule has 0 atom stereocenters. The van der Waals surface area contributed by atoms with Crippen molar-refractivity contribution in [1.29, 1.82) is 0 Å². The fraction of sp³-hybridized carbons (Fsp3) is 0.400. The van der Waals surface area contributed by atoms with Gasteiger partial charge in [0, 0.05) is 25.8 Å². The quantitative estimate of drug-likeness (QED) is 0.433. The Hall–Kier alpha value is -2.25. The average Bonchev–Trinajstić information content (AvgIpc) is 2.48. The highest BCUT2D eigenvalue weighted by molar-refractivity contribution is 5.89. The van der Waals surface area contributed by atoms with Gasteiger partial charge in [0.2, 0.25) is 12.2 Å². The van der Waals surface area contributed by atoms with Crippen LogP contribution in [-0.2, 0) is 19.1 Å². The van der Waals surface area contributed by atoms with E-state index >= 15 is 0 Å². The van der Waals surface area contributed by atoms with E-state index < -0.39 is 12.2 Å². The normalized spacial score (nSPS) is 10.9. The second-order valence-corrected chi connectivity index (χ2v) is 4.28. The number of nitrogens with one attached hydrogen (secondary N) is 2. The SMILES string of the molecule is CCOC(OCC)C(=O)N/N=C/c1ccc(NC(C)=O)cc1. The third kappa shape index (κ3) is 6.47. The number of hydrogen-bond donors (Lipinski definition) is 2. The number of hydrogen-bond acceptors (Lipinski definition) is 5. The van der Waals surface area contributed by atoms with Crippen molar-refractivity contribution in [2.24, 2.45) is 5.10 Å². The third-order valence-corrected chi connectivity index (χ3v) is 2.47. The molecular formula is C15H21N3O4. The zero-order chi connectivity index (χ0) is 16.4. The van der Waals surface area contributed by atoms with Gasteiger partial charge in [-0.3, -0.25) is 9.59 Å². The lowest BCUT2D eigenvalue weighted by Crippen LogP contribution is -2.35. The van der Waals surface area contributed by atoms with Crippen LogP contribution in [0.4, 0.5) is 5.69 Å². The van der Waals surface area contributed by atoms with Crippen LogP contribution in [0.1, 0.15) is 26.3 Å². The van der Waals surface area contributed by atoms with Gasteiger partial charge in [0.15, 0.2) is 0 Å². The minimum Gasteiger partial charge on any atom is -0.345 e. The zero-order valence-electron chi connectivity index (χ0n) is 13.0. The fourth-order valence-electron chi connectivity index (χ4n) is 1.58. The molecule has 2 N–H and O–H groups in total. The maximum absolute atomic E-state index is 11.8. The first-order valence-electron chi connectivity index (χ1n) is 7.00. The Kier molecular flexibility index (Phi) is 7.80. The van der Waals surface area contributed by atoms with Crippen LogP contribution in [0.25, 0.3) is 0 Å². The molecule has 0 aromatic heterocycles. The summed E-state index contributed by atoms with van der Waals surface area (Å²) in [6, 6.07) is 7.02. The van der Waals surface area contributed by atoms with E-state index in [9.17, 15) is 9.59 Å². The monoisotopic (exact) mass is 307 g/mol. The van der Waals surface area contributed by atoms with E-state index in [-0.39, 0.29) is 5.91 Å². The minimum absolute atomic E-state index is 0.133. The van der Waals surface area contributed by atoms with E-state index in [0.29, 0.717) is 18.9 Å². The van der Waals surface area contributed by atoms with E-state index in [2.05, 4.69) is 15.8 Å². The molecule has 0 bridgehead atoms. The lowest BCUT2D eigenvalue weighted by molar-refractivity contribution is -0.170. The van der Waals surface area contributed by atoms with E-state index in [4.69, 9.17) is 9.47 Å². The summed E-state index contributed by atoms with van der Waals surface area (Å²) in [6.07, 6.45) is 0.527. The highest BCUT2D eigenvalue weighted by Gasteiger charge is 2.17. The maximum Gasteiger partial charge on any atom is 0.297 e. The Morgan fingerprint density at radius 1 is 1.18 bits per heavy atom. The molecule has 0 saturated heterocycles. The summed E-state index contributed by atoms with van der Waals surface area (Å²) in [5, 5.41) is 6.51. The lowest BCUT2D eigenvalue weighted by Gasteiger charge is -2.14. The van der Waals surface area contributed by atoms with Crippen molar-refractivity contribution in [3.8, 4) is 0 Å². The number of rotatable bonds is 8. The molecule has 0 aliphatic heterocycles. The van der Waals surface area contributed by atoms with E-state index in [1.807, 2.05) is 0 Å². The summed E-state index contributed by atoms with van der Waals surface area (Å²) in [4.78, 5) is 22.7. The van der Waals surface area contributed by atoms with Crippen molar-refractivity contribution in [3.63, 3.8) is 0 Å². The number of ether oxygens (including phenoxy) is 2. The van der Waals surface area contributed by atoms with Crippen LogP contribution in [0.2, 0.25) is 0 Å². The molecule has 120 valence electrons. The first kappa shape index (κ1) is 17.8. The van der Waals surface area contributed by atoms with Gasteiger partial charge < -0.3 is 14.8 Å². The van der Waals surface area contributed by atoms with Crippen molar-refractivity contribution >= 4 is 23.7 Å². The molecule has 22 heavy (non-hydrogen) atoms. The van der Waals surface area contributed by atoms with Gasteiger partial charge in [0.05, 0.1) is 6.21 Å². The Morgan fingerprint density at radius 3 is 2.27 bits per heavy atom. The van der Waals surface area contributed by atoms with Gasteiger partial charge >= 0.3 is 0 Å². The number of benzene rings is 1. The van der Waals surface area contributed by atoms with Crippen molar-refractivity contribution < 1.29 is 19.1 Å². The van der Waals surface area contributed by atoms with Gasteiger partial charge in [-0.2, -0.15) is 5.10 Å². The Bertz CT molecular complexity index is 508. The number of carbonyl (C=O) groups excluding carboxylic acids is 2. The van der Waals surface area contributed by atoms with Crippen molar-refractivity contribution in [2.75, 3.05) is 18.5 Å². The average molecular weight is 307 g/mol. The van der Waals surface area contributed by atoms with Crippen LogP contribution in [0, 0.1) is 0 Å². The van der Waals surface area contributed by atoms with Crippen molar-refractivity contribution in [1.82, 2.24) is 5.43 Å². The van der Waals surface area contributed by atoms with E-state index in [0.717, 1.165) is 5.56 Å². The van der Waals surface area contributed by atoms with Gasteiger partial charge in [0.1, 0.15) is 0 Å². The molecule has 1 rings (SSSR count). The lowest BCUT2D eigenvalue weighted by atomic mass is 10.2. The molecule has 0 radical (unpaired) electrons. The third-order valence-electron chi connectivity index (χ3n) is 2.47. The molecule has 1 aromatic rings. The number of hydrazone groups is 1. The van der Waals surface area contributed by atoms with Crippen LogP contribution in [0.15, 0.2) is 29.4 Å². The summed E-state index contributed by atoms with van der Waals surface area (Å²) >= 11 is 0. The minimum atomic E-state index is -0.964. The molecule has 0 fully saturated rings. The predicted octanol–water partition coefficient (Wildman–Crippen LogP) is 1.49. The molecule has 0 saturated carbocycles. The second-order valence-electron chi connectivity index (χ2n) is 4.28. The molecular weight excluding hydrogens is 286 g/mol. The Balaban J connectivity index is 2.53. The first-order chi connectivity index (χ1) is 10.6. The first-order valence-corrected chi connectivity index (χ1v) is 7.00. The molecule has 0 spiro atoms. The van der Waals surface area contributed by atoms with E-state index in [1.54, 1.807) is 38.1 Å². The van der Waals surface area contributed by atoms with Gasteiger partial charge in [0.25, 0.3) is 5.91 Å². The Labute approximate surface area is 129 Å². The van der Waals surface area contributed by atoms with Crippen LogP contribution in [0.3, 0.4) is 0 Å². The van der Waals surface area contributed by atoms with Crippen LogP contribution in [0.5, 0.6) is 0 Å². The number of anilines is 1. The van der Waals surface area contributed by atoms with Crippen LogP contribution < -0.4 is 10.7 Å². The van der Waals surface area contributed by atoms with Gasteiger partial charge in [-0.05, 0) is 31.5 Å². The maximum atomic E-state index is 11.8. The highest BCUT2D eigenvalue weighted by atomic mass is 16.7. The molecule has 2 amide bonds. The second kappa shape index (κ2) is 9.64. The number of nitrogens with zero attached hydrogens (tertiary/aromatic N) is 1. The van der Waals surface area contributed by atoms with Gasteiger partial charge in [-0.15, -0.1) is 0 Å². The highest BCUT2D eigenvalue weighted by Crippen LogP contribution is 2.07. The summed E-state index contributed by atoms with van der Waals surface area (Å²) in [7, 11) is 0. The molecule has 0 aliphatic carbocycles. The Morgan fingerprint density at radius 2 is 1.77 bits per heavy atom. The molecule has 0 aliphatic rings. The molecule has 7 heteroatoms. The molecule has 7 nitrogen and oxygen atoms in total. The van der Waals surface area contributed by atoms with Gasteiger partial charge in [-0.1, -0.05) is 12.1 Å². The summed E-state index contributed by atoms with van der Waals surface area (Å²) in [5.74, 6) is -0.596. The van der Waals surface area contributed by atoms with Gasteiger partial charge in [-0.25, -0.2) is 5.43 Å². The van der Waals surface area contributed by atoms with Crippen molar-refractivity contribution in [3.05, 3.63) is 29.8 Å².